The number of anilines is 1. The van der Waals surface area contributed by atoms with Crippen molar-refractivity contribution in [3.05, 3.63) is 64.2 Å². The second-order valence-electron chi connectivity index (χ2n) is 5.70. The lowest BCUT2D eigenvalue weighted by atomic mass is 10.2. The van der Waals surface area contributed by atoms with Gasteiger partial charge >= 0.3 is 5.97 Å². The average molecular weight is 410 g/mol. The number of thioether (sulfide) groups is 1. The molecule has 0 saturated carbocycles. The van der Waals surface area contributed by atoms with E-state index in [2.05, 4.69) is 5.32 Å². The molecule has 148 valence electrons. The van der Waals surface area contributed by atoms with Gasteiger partial charge in [-0.15, -0.1) is 11.8 Å². The van der Waals surface area contributed by atoms with Gasteiger partial charge in [0.05, 0.1) is 10.6 Å². The maximum Gasteiger partial charge on any atom is 0.319 e. The number of non-ortho nitro benzene ring substituents is 1. The molecule has 7 nitrogen and oxygen atoms in total. The maximum atomic E-state index is 13.6. The molecule has 0 heterocycles. The Morgan fingerprint density at radius 2 is 1.79 bits per heavy atom. The predicted molar refractivity (Wildman–Crippen MR) is 99.0 cm³/mol. The third kappa shape index (κ3) is 5.74. The highest BCUT2D eigenvalue weighted by molar-refractivity contribution is 8.00. The normalized spacial score (nSPS) is 12.7. The minimum Gasteiger partial charge on any atom is -0.452 e. The van der Waals surface area contributed by atoms with Gasteiger partial charge in [0.15, 0.2) is 6.10 Å². The minimum atomic E-state index is -1.24. The fourth-order valence-corrected chi connectivity index (χ4v) is 2.90. The number of esters is 1. The zero-order chi connectivity index (χ0) is 20.8. The summed E-state index contributed by atoms with van der Waals surface area (Å²) in [7, 11) is 0. The molecule has 0 aliphatic rings. The lowest BCUT2D eigenvalue weighted by Crippen LogP contribution is -2.32. The number of halogens is 2. The van der Waals surface area contributed by atoms with Gasteiger partial charge in [-0.1, -0.05) is 0 Å². The first kappa shape index (κ1) is 21.3. The molecular weight excluding hydrogens is 394 g/mol. The van der Waals surface area contributed by atoms with Crippen molar-refractivity contribution in [2.45, 2.75) is 30.1 Å². The third-order valence-electron chi connectivity index (χ3n) is 3.54. The fraction of sp³-hybridized carbons (Fsp3) is 0.222. The molecule has 0 aliphatic heterocycles. The zero-order valence-electron chi connectivity index (χ0n) is 14.8. The van der Waals surface area contributed by atoms with E-state index in [-0.39, 0.29) is 11.4 Å². The van der Waals surface area contributed by atoms with E-state index in [1.165, 1.54) is 31.2 Å². The van der Waals surface area contributed by atoms with Crippen LogP contribution in [0.4, 0.5) is 20.2 Å². The van der Waals surface area contributed by atoms with E-state index in [4.69, 9.17) is 4.74 Å². The standard InChI is InChI=1S/C18H16F2N2O5S/c1-10(17(23)21-16-9-12(19)3-8-15(16)20)27-18(24)11(2)28-14-6-4-13(5-7-14)22(25)26/h3-11H,1-2H3,(H,21,23)/t10-,11+/m1/s1. The highest BCUT2D eigenvalue weighted by atomic mass is 32.2. The number of carbonyl (C=O) groups excluding carboxylic acids is 2. The molecule has 2 aromatic carbocycles. The summed E-state index contributed by atoms with van der Waals surface area (Å²) in [6.07, 6.45) is -1.24. The summed E-state index contributed by atoms with van der Waals surface area (Å²) >= 11 is 1.10. The van der Waals surface area contributed by atoms with E-state index >= 15 is 0 Å². The Balaban J connectivity index is 1.92. The number of amides is 1. The zero-order valence-corrected chi connectivity index (χ0v) is 15.7. The average Bonchev–Trinajstić information content (AvgIpc) is 2.64. The van der Waals surface area contributed by atoms with Crippen molar-refractivity contribution in [3.63, 3.8) is 0 Å². The Morgan fingerprint density at radius 3 is 2.39 bits per heavy atom. The van der Waals surface area contributed by atoms with E-state index < -0.39 is 39.8 Å². The van der Waals surface area contributed by atoms with Crippen LogP contribution in [0, 0.1) is 21.7 Å². The number of carbonyl (C=O) groups is 2. The molecule has 0 fully saturated rings. The molecule has 28 heavy (non-hydrogen) atoms. The van der Waals surface area contributed by atoms with Crippen LogP contribution in [0.3, 0.4) is 0 Å². The van der Waals surface area contributed by atoms with Gasteiger partial charge in [-0.3, -0.25) is 19.7 Å². The molecule has 0 bridgehead atoms. The predicted octanol–water partition coefficient (Wildman–Crippen LogP) is 3.92. The van der Waals surface area contributed by atoms with Crippen LogP contribution < -0.4 is 5.32 Å². The van der Waals surface area contributed by atoms with Gasteiger partial charge < -0.3 is 10.1 Å². The van der Waals surface area contributed by atoms with E-state index in [1.807, 2.05) is 0 Å². The highest BCUT2D eigenvalue weighted by Gasteiger charge is 2.23. The molecule has 0 radical (unpaired) electrons. The molecular formula is C18H16F2N2O5S. The molecule has 0 aromatic heterocycles. The van der Waals surface area contributed by atoms with Gasteiger partial charge in [-0.2, -0.15) is 0 Å². The first-order valence-corrected chi connectivity index (χ1v) is 8.93. The number of nitrogens with one attached hydrogen (secondary N) is 1. The monoisotopic (exact) mass is 410 g/mol. The summed E-state index contributed by atoms with van der Waals surface area (Å²) < 4.78 is 31.8. The topological polar surface area (TPSA) is 98.5 Å². The quantitative estimate of drug-likeness (QED) is 0.321. The summed E-state index contributed by atoms with van der Waals surface area (Å²) in [5, 5.41) is 12.1. The Labute approximate surface area is 163 Å². The molecule has 10 heteroatoms. The number of nitro groups is 1. The second-order valence-corrected chi connectivity index (χ2v) is 7.12. The molecule has 1 amide bonds. The number of rotatable bonds is 7. The number of ether oxygens (including phenoxy) is 1. The van der Waals surface area contributed by atoms with E-state index in [0.717, 1.165) is 30.0 Å². The fourth-order valence-electron chi connectivity index (χ4n) is 2.05. The molecule has 0 aliphatic carbocycles. The van der Waals surface area contributed by atoms with Crippen LogP contribution in [-0.2, 0) is 14.3 Å². The number of nitro benzene ring substituents is 1. The molecule has 2 atom stereocenters. The number of hydrogen-bond donors (Lipinski definition) is 1. The van der Waals surface area contributed by atoms with Crippen molar-refractivity contribution in [2.24, 2.45) is 0 Å². The van der Waals surface area contributed by atoms with Crippen molar-refractivity contribution < 1.29 is 28.0 Å². The molecule has 0 unspecified atom stereocenters. The highest BCUT2D eigenvalue weighted by Crippen LogP contribution is 2.26. The van der Waals surface area contributed by atoms with E-state index in [1.54, 1.807) is 6.92 Å². The summed E-state index contributed by atoms with van der Waals surface area (Å²) in [5.74, 6) is -3.07. The molecule has 0 spiro atoms. The molecule has 0 saturated heterocycles. The van der Waals surface area contributed by atoms with Gasteiger partial charge in [0, 0.05) is 23.1 Å². The summed E-state index contributed by atoms with van der Waals surface area (Å²) in [6, 6.07) is 8.20. The van der Waals surface area contributed by atoms with Gasteiger partial charge in [-0.05, 0) is 38.1 Å². The SMILES string of the molecule is C[C@H](Sc1ccc([N+](=O)[O-])cc1)C(=O)O[C@H](C)C(=O)Nc1cc(F)ccc1F. The first-order chi connectivity index (χ1) is 13.2. The third-order valence-corrected chi connectivity index (χ3v) is 4.63. The number of nitrogens with zero attached hydrogens (tertiary/aromatic N) is 1. The minimum absolute atomic E-state index is 0.0746. The van der Waals surface area contributed by atoms with Crippen LogP contribution >= 0.6 is 11.8 Å². The number of hydrogen-bond acceptors (Lipinski definition) is 6. The van der Waals surface area contributed by atoms with E-state index in [9.17, 15) is 28.5 Å². The lowest BCUT2D eigenvalue weighted by molar-refractivity contribution is -0.384. The van der Waals surface area contributed by atoms with Crippen molar-refractivity contribution >= 4 is 35.0 Å². The second kappa shape index (κ2) is 9.27. The maximum absolute atomic E-state index is 13.6. The van der Waals surface area contributed by atoms with Crippen LogP contribution in [0.2, 0.25) is 0 Å². The van der Waals surface area contributed by atoms with Gasteiger partial charge in [-0.25, -0.2) is 8.78 Å². The largest absolute Gasteiger partial charge is 0.452 e. The lowest BCUT2D eigenvalue weighted by Gasteiger charge is -2.16. The van der Waals surface area contributed by atoms with Gasteiger partial charge in [0.2, 0.25) is 0 Å². The Hall–Kier alpha value is -3.01. The van der Waals surface area contributed by atoms with Gasteiger partial charge in [0.1, 0.15) is 16.9 Å². The molecule has 1 N–H and O–H groups in total. The Kier molecular flexibility index (Phi) is 7.05. The summed E-state index contributed by atoms with van der Waals surface area (Å²) in [6.45, 7) is 2.85. The van der Waals surface area contributed by atoms with Crippen LogP contribution in [0.15, 0.2) is 47.4 Å². The van der Waals surface area contributed by atoms with Crippen LogP contribution in [-0.4, -0.2) is 28.2 Å². The van der Waals surface area contributed by atoms with Gasteiger partial charge in [0.25, 0.3) is 11.6 Å². The summed E-state index contributed by atoms with van der Waals surface area (Å²) in [5.41, 5.74) is -0.435. The van der Waals surface area contributed by atoms with Crippen molar-refractivity contribution in [2.75, 3.05) is 5.32 Å². The smallest absolute Gasteiger partial charge is 0.319 e. The van der Waals surface area contributed by atoms with Crippen LogP contribution in [0.25, 0.3) is 0 Å². The van der Waals surface area contributed by atoms with Crippen molar-refractivity contribution in [1.82, 2.24) is 0 Å². The Morgan fingerprint density at radius 1 is 1.14 bits per heavy atom. The Bertz CT molecular complexity index is 892. The summed E-state index contributed by atoms with van der Waals surface area (Å²) in [4.78, 5) is 34.9. The van der Waals surface area contributed by atoms with E-state index in [0.29, 0.717) is 4.90 Å². The first-order valence-electron chi connectivity index (χ1n) is 8.05. The molecule has 2 aromatic rings. The van der Waals surface area contributed by atoms with Crippen molar-refractivity contribution in [3.8, 4) is 0 Å². The molecule has 2 rings (SSSR count). The van der Waals surface area contributed by atoms with Crippen molar-refractivity contribution in [1.29, 1.82) is 0 Å². The van der Waals surface area contributed by atoms with Crippen LogP contribution in [0.1, 0.15) is 13.8 Å². The number of benzene rings is 2. The van der Waals surface area contributed by atoms with Crippen LogP contribution in [0.5, 0.6) is 0 Å².